The molecule has 2 heterocycles. The minimum absolute atomic E-state index is 0.135. The van der Waals surface area contributed by atoms with E-state index in [0.29, 0.717) is 11.6 Å². The van der Waals surface area contributed by atoms with Crippen LogP contribution >= 0.6 is 0 Å². The van der Waals surface area contributed by atoms with Gasteiger partial charge in [-0.3, -0.25) is 0 Å². The van der Waals surface area contributed by atoms with Crippen LogP contribution in [0.5, 0.6) is 5.75 Å². The van der Waals surface area contributed by atoms with E-state index in [1.54, 1.807) is 12.4 Å². The fraction of sp³-hybridized carbons (Fsp3) is 0.440. The summed E-state index contributed by atoms with van der Waals surface area (Å²) in [6.07, 6.45) is 9.85. The van der Waals surface area contributed by atoms with Gasteiger partial charge in [0.15, 0.2) is 0 Å². The van der Waals surface area contributed by atoms with Crippen molar-refractivity contribution in [3.63, 3.8) is 0 Å². The zero-order valence-corrected chi connectivity index (χ0v) is 19.3. The molecule has 0 atom stereocenters. The van der Waals surface area contributed by atoms with Gasteiger partial charge in [0.25, 0.3) is 0 Å². The number of fused-ring (bicyclic) bond motifs is 1. The quantitative estimate of drug-likeness (QED) is 0.465. The average Bonchev–Trinajstić information content (AvgIpc) is 3.29. The van der Waals surface area contributed by atoms with Gasteiger partial charge in [-0.15, -0.1) is 0 Å². The Morgan fingerprint density at radius 2 is 1.84 bits per heavy atom. The summed E-state index contributed by atoms with van der Waals surface area (Å²) in [5.74, 6) is 3.33. The molecule has 0 bridgehead atoms. The molecule has 1 aliphatic heterocycles. The van der Waals surface area contributed by atoms with Crippen molar-refractivity contribution in [3.8, 4) is 5.75 Å². The first kappa shape index (κ1) is 21.3. The largest absolute Gasteiger partial charge is 0.488 e. The number of halogens is 1. The highest BCUT2D eigenvalue weighted by Crippen LogP contribution is 2.35. The number of benzene rings is 2. The van der Waals surface area contributed by atoms with Gasteiger partial charge in [0.2, 0.25) is 0 Å². The predicted molar refractivity (Wildman–Crippen MR) is 130 cm³/mol. The maximum atomic E-state index is 14.0. The minimum Gasteiger partial charge on any atom is -0.488 e. The molecule has 1 saturated heterocycles. The Morgan fingerprint density at radius 3 is 2.66 bits per heavy atom. The Hall–Kier alpha value is -2.54. The molecule has 5 rings (SSSR count). The molecule has 1 saturated carbocycles. The summed E-state index contributed by atoms with van der Waals surface area (Å²) in [6, 6.07) is 8.80. The summed E-state index contributed by atoms with van der Waals surface area (Å²) in [4.78, 5) is 9.02. The highest BCUT2D eigenvalue weighted by molar-refractivity contribution is 7.87. The molecule has 7 heteroatoms. The Labute approximate surface area is 190 Å². The monoisotopic (exact) mass is 452 g/mol. The lowest BCUT2D eigenvalue weighted by Crippen LogP contribution is -2.20. The molecular weight excluding hydrogens is 423 g/mol. The zero-order valence-electron chi connectivity index (χ0n) is 18.4. The standard InChI is InChI=1S/C25H29FN4OS/c1-17-13-19(30-32-11-5-6-12-32)15-22-24(17)25(28-16-27-22)29-21-10-9-18(26)14-23(21)31-20-7-3-2-4-8-20/h9-10,13-16,20H,2-8,11-12H2,1H3,(H,27,28,29). The van der Waals surface area contributed by atoms with Crippen LogP contribution in [-0.2, 0) is 10.7 Å². The second-order valence-corrected chi connectivity index (χ2v) is 10.6. The molecule has 3 aromatic rings. The third-order valence-corrected chi connectivity index (χ3v) is 8.20. The van der Waals surface area contributed by atoms with Gasteiger partial charge < -0.3 is 10.1 Å². The van der Waals surface area contributed by atoms with Gasteiger partial charge in [-0.2, -0.15) is 0 Å². The van der Waals surface area contributed by atoms with Crippen LogP contribution < -0.4 is 10.1 Å². The first-order valence-electron chi connectivity index (χ1n) is 11.5. The van der Waals surface area contributed by atoms with Crippen molar-refractivity contribution < 1.29 is 9.13 Å². The third kappa shape index (κ3) is 4.77. The van der Waals surface area contributed by atoms with Crippen LogP contribution in [0.2, 0.25) is 0 Å². The molecule has 0 unspecified atom stereocenters. The maximum Gasteiger partial charge on any atom is 0.146 e. The summed E-state index contributed by atoms with van der Waals surface area (Å²) in [6.45, 7) is 2.07. The number of rotatable bonds is 5. The van der Waals surface area contributed by atoms with Crippen LogP contribution in [0.1, 0.15) is 50.5 Å². The first-order valence-corrected chi connectivity index (χ1v) is 13.1. The van der Waals surface area contributed by atoms with E-state index in [-0.39, 0.29) is 22.6 Å². The van der Waals surface area contributed by atoms with E-state index < -0.39 is 0 Å². The summed E-state index contributed by atoms with van der Waals surface area (Å²) in [5, 5.41) is 4.35. The van der Waals surface area contributed by atoms with Crippen molar-refractivity contribution >= 4 is 38.8 Å². The van der Waals surface area contributed by atoms with Crippen LogP contribution in [0.25, 0.3) is 10.9 Å². The summed E-state index contributed by atoms with van der Waals surface area (Å²) in [7, 11) is 0.138. The Kier molecular flexibility index (Phi) is 6.35. The van der Waals surface area contributed by atoms with Gasteiger partial charge in [0.05, 0.1) is 23.0 Å². The van der Waals surface area contributed by atoms with E-state index >= 15 is 0 Å². The number of anilines is 2. The van der Waals surface area contributed by atoms with Crippen LogP contribution in [-0.4, -0.2) is 27.6 Å². The molecule has 2 aromatic carbocycles. The molecule has 0 radical (unpaired) electrons. The average molecular weight is 453 g/mol. The molecule has 2 aliphatic rings. The van der Waals surface area contributed by atoms with Crippen LogP contribution in [0.4, 0.5) is 21.6 Å². The zero-order chi connectivity index (χ0) is 21.9. The summed E-state index contributed by atoms with van der Waals surface area (Å²) >= 11 is 0. The van der Waals surface area contributed by atoms with Crippen molar-refractivity contribution in [1.82, 2.24) is 9.97 Å². The van der Waals surface area contributed by atoms with E-state index in [2.05, 4.69) is 28.3 Å². The molecule has 5 nitrogen and oxygen atoms in total. The fourth-order valence-corrected chi connectivity index (χ4v) is 6.45. The van der Waals surface area contributed by atoms with Gasteiger partial charge >= 0.3 is 0 Å². The molecule has 32 heavy (non-hydrogen) atoms. The van der Waals surface area contributed by atoms with Crippen LogP contribution in [0, 0.1) is 12.7 Å². The van der Waals surface area contributed by atoms with Gasteiger partial charge in [0.1, 0.15) is 23.7 Å². The molecule has 1 aliphatic carbocycles. The van der Waals surface area contributed by atoms with Crippen molar-refractivity contribution in [2.24, 2.45) is 4.36 Å². The molecule has 168 valence electrons. The summed E-state index contributed by atoms with van der Waals surface area (Å²) in [5.41, 5.74) is 3.65. The third-order valence-electron chi connectivity index (χ3n) is 6.21. The fourth-order valence-electron chi connectivity index (χ4n) is 4.59. The van der Waals surface area contributed by atoms with Gasteiger partial charge in [-0.25, -0.2) is 18.7 Å². The van der Waals surface area contributed by atoms with E-state index in [1.165, 1.54) is 42.9 Å². The molecule has 0 amide bonds. The van der Waals surface area contributed by atoms with Gasteiger partial charge in [-0.05, 0) is 75.3 Å². The van der Waals surface area contributed by atoms with Crippen molar-refractivity contribution in [2.75, 3.05) is 16.8 Å². The number of ether oxygens (including phenoxy) is 1. The number of nitrogens with zero attached hydrogens (tertiary/aromatic N) is 3. The molecule has 1 aromatic heterocycles. The predicted octanol–water partition coefficient (Wildman–Crippen LogP) is 6.76. The van der Waals surface area contributed by atoms with Gasteiger partial charge in [-0.1, -0.05) is 17.1 Å². The van der Waals surface area contributed by atoms with Crippen molar-refractivity contribution in [1.29, 1.82) is 0 Å². The van der Waals surface area contributed by atoms with Crippen LogP contribution in [0.3, 0.4) is 0 Å². The number of hydrogen-bond acceptors (Lipinski definition) is 5. The number of hydrogen-bond donors (Lipinski definition) is 1. The van der Waals surface area contributed by atoms with Crippen molar-refractivity contribution in [2.45, 2.75) is 58.0 Å². The second-order valence-electron chi connectivity index (χ2n) is 8.69. The Bertz CT molecular complexity index is 1150. The highest BCUT2D eigenvalue weighted by atomic mass is 32.2. The molecule has 2 fully saturated rings. The van der Waals surface area contributed by atoms with Crippen molar-refractivity contribution in [3.05, 3.63) is 48.0 Å². The Morgan fingerprint density at radius 1 is 1.03 bits per heavy atom. The normalized spacial score (nSPS) is 17.6. The number of nitrogens with one attached hydrogen (secondary N) is 1. The number of aryl methyl sites for hydroxylation is 1. The topological polar surface area (TPSA) is 59.4 Å². The van der Waals surface area contributed by atoms with E-state index in [9.17, 15) is 4.39 Å². The molecule has 0 spiro atoms. The molecule has 1 N–H and O–H groups in total. The maximum absolute atomic E-state index is 14.0. The number of aromatic nitrogens is 2. The second kappa shape index (κ2) is 9.53. The van der Waals surface area contributed by atoms with E-state index in [4.69, 9.17) is 9.10 Å². The van der Waals surface area contributed by atoms with Crippen LogP contribution in [0.15, 0.2) is 41.0 Å². The highest BCUT2D eigenvalue weighted by Gasteiger charge is 2.18. The lowest BCUT2D eigenvalue weighted by molar-refractivity contribution is 0.155. The SMILES string of the molecule is Cc1cc(N=S2CCCC2)cc2ncnc(Nc3ccc(F)cc3OC3CCCCC3)c12. The summed E-state index contributed by atoms with van der Waals surface area (Å²) < 4.78 is 25.2. The lowest BCUT2D eigenvalue weighted by atomic mass is 9.98. The molecular formula is C25H29FN4OS. The first-order chi connectivity index (χ1) is 15.7. The minimum atomic E-state index is -0.302. The smallest absolute Gasteiger partial charge is 0.146 e. The van der Waals surface area contributed by atoms with E-state index in [1.807, 2.05) is 6.07 Å². The van der Waals surface area contributed by atoms with Gasteiger partial charge in [0, 0.05) is 23.0 Å². The Balaban J connectivity index is 1.47. The lowest BCUT2D eigenvalue weighted by Gasteiger charge is -2.24. The van der Waals surface area contributed by atoms with E-state index in [0.717, 1.165) is 53.5 Å².